The summed E-state index contributed by atoms with van der Waals surface area (Å²) in [5.41, 5.74) is 0.931. The maximum Gasteiger partial charge on any atom is 0.295 e. The first-order chi connectivity index (χ1) is 15.9. The second-order valence-corrected chi connectivity index (χ2v) is 8.39. The number of carbonyl (C=O) groups excluding carboxylic acids is 2. The highest BCUT2D eigenvalue weighted by molar-refractivity contribution is 6.46. The number of imidazole rings is 1. The van der Waals surface area contributed by atoms with Gasteiger partial charge in [-0.25, -0.2) is 4.98 Å². The van der Waals surface area contributed by atoms with E-state index in [1.165, 1.54) is 18.1 Å². The zero-order chi connectivity index (χ0) is 23.5. The summed E-state index contributed by atoms with van der Waals surface area (Å²) < 4.78 is 7.05. The number of rotatable bonds is 7. The van der Waals surface area contributed by atoms with Gasteiger partial charge in [0, 0.05) is 36.1 Å². The van der Waals surface area contributed by atoms with Crippen LogP contribution in [0.4, 0.5) is 0 Å². The Balaban J connectivity index is 1.75. The van der Waals surface area contributed by atoms with Crippen molar-refractivity contribution < 1.29 is 19.4 Å². The molecule has 7 nitrogen and oxygen atoms in total. The Morgan fingerprint density at radius 3 is 2.64 bits per heavy atom. The van der Waals surface area contributed by atoms with Crippen molar-refractivity contribution in [3.05, 3.63) is 87.9 Å². The van der Waals surface area contributed by atoms with Crippen LogP contribution in [0.15, 0.2) is 66.8 Å². The number of aromatic nitrogens is 2. The average Bonchev–Trinajstić information content (AvgIpc) is 3.41. The maximum atomic E-state index is 13.1. The van der Waals surface area contributed by atoms with Gasteiger partial charge in [-0.05, 0) is 42.3 Å². The minimum atomic E-state index is -0.785. The van der Waals surface area contributed by atoms with E-state index in [0.29, 0.717) is 41.4 Å². The number of ether oxygens (including phenoxy) is 1. The van der Waals surface area contributed by atoms with E-state index in [2.05, 4.69) is 4.98 Å². The molecule has 0 aliphatic carbocycles. The molecule has 0 spiro atoms. The summed E-state index contributed by atoms with van der Waals surface area (Å²) in [5, 5.41) is 11.9. The standard InChI is InChI=1S/C24H21Cl2N3O4/c1-33-19-7-6-16(13-18(19)26)22(30)20-21(15-4-2-5-17(25)12-15)29(24(32)23(20)31)10-3-9-28-11-8-27-14-28/h2,4-8,11-14,21,30H,3,9-10H2,1H3/b22-20+/t21-/m0/s1. The molecule has 170 valence electrons. The highest BCUT2D eigenvalue weighted by Crippen LogP contribution is 2.40. The summed E-state index contributed by atoms with van der Waals surface area (Å²) in [6.45, 7) is 0.930. The molecule has 3 aromatic rings. The van der Waals surface area contributed by atoms with Crippen molar-refractivity contribution in [2.24, 2.45) is 0 Å². The van der Waals surface area contributed by atoms with E-state index in [1.807, 2.05) is 10.8 Å². The fourth-order valence-electron chi connectivity index (χ4n) is 3.95. The van der Waals surface area contributed by atoms with Crippen molar-refractivity contribution in [3.8, 4) is 5.75 Å². The van der Waals surface area contributed by atoms with Crippen LogP contribution in [0.2, 0.25) is 10.0 Å². The average molecular weight is 486 g/mol. The Kier molecular flexibility index (Phi) is 6.72. The molecular formula is C24H21Cl2N3O4. The molecule has 1 aromatic heterocycles. The van der Waals surface area contributed by atoms with Crippen molar-refractivity contribution in [1.82, 2.24) is 14.5 Å². The van der Waals surface area contributed by atoms with Gasteiger partial charge in [0.2, 0.25) is 0 Å². The van der Waals surface area contributed by atoms with Gasteiger partial charge in [-0.2, -0.15) is 0 Å². The largest absolute Gasteiger partial charge is 0.507 e. The maximum absolute atomic E-state index is 13.1. The van der Waals surface area contributed by atoms with Crippen LogP contribution in [0.25, 0.3) is 5.76 Å². The summed E-state index contributed by atoms with van der Waals surface area (Å²) in [5.74, 6) is -1.31. The van der Waals surface area contributed by atoms with E-state index < -0.39 is 17.7 Å². The molecule has 9 heteroatoms. The van der Waals surface area contributed by atoms with Gasteiger partial charge in [0.05, 0.1) is 30.1 Å². The zero-order valence-corrected chi connectivity index (χ0v) is 19.3. The zero-order valence-electron chi connectivity index (χ0n) is 17.7. The molecule has 0 radical (unpaired) electrons. The van der Waals surface area contributed by atoms with Crippen LogP contribution in [0.3, 0.4) is 0 Å². The monoisotopic (exact) mass is 485 g/mol. The van der Waals surface area contributed by atoms with E-state index in [-0.39, 0.29) is 16.4 Å². The third kappa shape index (κ3) is 4.60. The number of hydrogen-bond acceptors (Lipinski definition) is 5. The second kappa shape index (κ2) is 9.68. The predicted octanol–water partition coefficient (Wildman–Crippen LogP) is 4.71. The predicted molar refractivity (Wildman–Crippen MR) is 125 cm³/mol. The second-order valence-electron chi connectivity index (χ2n) is 7.55. The minimum absolute atomic E-state index is 0.00821. The number of Topliss-reactive ketones (excluding diaryl/α,β-unsaturated/α-hetero) is 1. The van der Waals surface area contributed by atoms with Crippen LogP contribution in [0, 0.1) is 0 Å². The van der Waals surface area contributed by atoms with Gasteiger partial charge in [0.15, 0.2) is 0 Å². The number of likely N-dealkylation sites (tertiary alicyclic amines) is 1. The first-order valence-corrected chi connectivity index (χ1v) is 11.0. The van der Waals surface area contributed by atoms with E-state index in [4.69, 9.17) is 27.9 Å². The number of nitrogens with zero attached hydrogens (tertiary/aromatic N) is 3. The molecule has 1 amide bonds. The van der Waals surface area contributed by atoms with Crippen LogP contribution in [0.1, 0.15) is 23.6 Å². The number of hydrogen-bond donors (Lipinski definition) is 1. The Morgan fingerprint density at radius 2 is 1.97 bits per heavy atom. The lowest BCUT2D eigenvalue weighted by molar-refractivity contribution is -0.139. The molecule has 1 N–H and O–H groups in total. The normalized spacial score (nSPS) is 17.5. The lowest BCUT2D eigenvalue weighted by Crippen LogP contribution is -2.31. The van der Waals surface area contributed by atoms with Crippen molar-refractivity contribution in [2.45, 2.75) is 19.0 Å². The van der Waals surface area contributed by atoms with Crippen LogP contribution >= 0.6 is 23.2 Å². The fraction of sp³-hybridized carbons (Fsp3) is 0.208. The van der Waals surface area contributed by atoms with Crippen LogP contribution in [0.5, 0.6) is 5.75 Å². The number of methoxy groups -OCH3 is 1. The molecule has 1 atom stereocenters. The van der Waals surface area contributed by atoms with Gasteiger partial charge < -0.3 is 19.3 Å². The van der Waals surface area contributed by atoms with E-state index in [1.54, 1.807) is 48.9 Å². The van der Waals surface area contributed by atoms with E-state index >= 15 is 0 Å². The lowest BCUT2D eigenvalue weighted by atomic mass is 9.95. The smallest absolute Gasteiger partial charge is 0.295 e. The molecule has 4 rings (SSSR count). The van der Waals surface area contributed by atoms with Crippen LogP contribution < -0.4 is 4.74 Å². The number of amides is 1. The van der Waals surface area contributed by atoms with Gasteiger partial charge in [0.1, 0.15) is 11.5 Å². The number of aryl methyl sites for hydroxylation is 1. The van der Waals surface area contributed by atoms with Crippen LogP contribution in [-0.2, 0) is 16.1 Å². The molecule has 33 heavy (non-hydrogen) atoms. The number of benzene rings is 2. The van der Waals surface area contributed by atoms with Crippen molar-refractivity contribution >= 4 is 40.7 Å². The van der Waals surface area contributed by atoms with Crippen molar-refractivity contribution in [2.75, 3.05) is 13.7 Å². The Morgan fingerprint density at radius 1 is 1.15 bits per heavy atom. The lowest BCUT2D eigenvalue weighted by Gasteiger charge is -2.25. The quantitative estimate of drug-likeness (QED) is 0.297. The highest BCUT2D eigenvalue weighted by Gasteiger charge is 2.45. The van der Waals surface area contributed by atoms with E-state index in [9.17, 15) is 14.7 Å². The van der Waals surface area contributed by atoms with Gasteiger partial charge in [-0.15, -0.1) is 0 Å². The molecule has 0 bridgehead atoms. The summed E-state index contributed by atoms with van der Waals surface area (Å²) in [7, 11) is 1.48. The highest BCUT2D eigenvalue weighted by atomic mass is 35.5. The minimum Gasteiger partial charge on any atom is -0.507 e. The third-order valence-corrected chi connectivity index (χ3v) is 6.03. The Bertz CT molecular complexity index is 1220. The molecule has 0 unspecified atom stereocenters. The van der Waals surface area contributed by atoms with Gasteiger partial charge in [-0.3, -0.25) is 9.59 Å². The molecule has 1 aliphatic rings. The molecule has 1 aliphatic heterocycles. The third-order valence-electron chi connectivity index (χ3n) is 5.50. The number of carbonyl (C=O) groups is 2. The molecule has 1 fully saturated rings. The Hall–Kier alpha value is -3.29. The molecular weight excluding hydrogens is 465 g/mol. The number of aliphatic hydroxyl groups excluding tert-OH is 1. The SMILES string of the molecule is COc1ccc(/C(O)=C2\C(=O)C(=O)N(CCCn3ccnc3)[C@H]2c2cccc(Cl)c2)cc1Cl. The molecule has 0 saturated carbocycles. The van der Waals surface area contributed by atoms with Gasteiger partial charge >= 0.3 is 0 Å². The van der Waals surface area contributed by atoms with Gasteiger partial charge in [0.25, 0.3) is 11.7 Å². The summed E-state index contributed by atoms with van der Waals surface area (Å²) in [6, 6.07) is 10.8. The summed E-state index contributed by atoms with van der Waals surface area (Å²) in [4.78, 5) is 31.6. The van der Waals surface area contributed by atoms with E-state index in [0.717, 1.165) is 0 Å². The van der Waals surface area contributed by atoms with Crippen molar-refractivity contribution in [3.63, 3.8) is 0 Å². The van der Waals surface area contributed by atoms with Gasteiger partial charge in [-0.1, -0.05) is 35.3 Å². The molecule has 2 heterocycles. The number of ketones is 1. The summed E-state index contributed by atoms with van der Waals surface area (Å²) in [6.07, 6.45) is 5.79. The first-order valence-electron chi connectivity index (χ1n) is 10.2. The fourth-order valence-corrected chi connectivity index (χ4v) is 4.40. The first kappa shape index (κ1) is 22.9. The van der Waals surface area contributed by atoms with Crippen LogP contribution in [-0.4, -0.2) is 44.9 Å². The molecule has 2 aromatic carbocycles. The number of halogens is 2. The summed E-state index contributed by atoms with van der Waals surface area (Å²) >= 11 is 12.4. The number of aliphatic hydroxyl groups is 1. The Labute approximate surface area is 200 Å². The van der Waals surface area contributed by atoms with Crippen molar-refractivity contribution in [1.29, 1.82) is 0 Å². The molecule has 1 saturated heterocycles. The topological polar surface area (TPSA) is 84.7 Å².